The van der Waals surface area contributed by atoms with Gasteiger partial charge in [-0.25, -0.2) is 0 Å². The number of hydrogen-bond acceptors (Lipinski definition) is 2. The lowest BCUT2D eigenvalue weighted by Gasteiger charge is -2.37. The van der Waals surface area contributed by atoms with E-state index in [9.17, 15) is 4.79 Å². The molecular weight excluding hydrogens is 248 g/mol. The van der Waals surface area contributed by atoms with Crippen LogP contribution in [0.15, 0.2) is 0 Å². The molecule has 20 heavy (non-hydrogen) atoms. The van der Waals surface area contributed by atoms with Crippen LogP contribution in [-0.4, -0.2) is 29.1 Å². The first-order chi connectivity index (χ1) is 9.40. The first-order valence-electron chi connectivity index (χ1n) is 8.48. The molecule has 0 aromatic carbocycles. The summed E-state index contributed by atoms with van der Waals surface area (Å²) in [5.41, 5.74) is 0. The zero-order chi connectivity index (χ0) is 14.9. The third kappa shape index (κ3) is 3.36. The van der Waals surface area contributed by atoms with Crippen LogP contribution in [0.25, 0.3) is 0 Å². The Bertz CT molecular complexity index is 332. The van der Waals surface area contributed by atoms with E-state index in [0.717, 1.165) is 12.3 Å². The van der Waals surface area contributed by atoms with Gasteiger partial charge in [0.15, 0.2) is 0 Å². The molecule has 1 N–H and O–H groups in total. The molecule has 116 valence electrons. The lowest BCUT2D eigenvalue weighted by molar-refractivity contribution is -0.134. The zero-order valence-electron chi connectivity index (χ0n) is 13.9. The van der Waals surface area contributed by atoms with Crippen molar-refractivity contribution in [1.29, 1.82) is 0 Å². The van der Waals surface area contributed by atoms with Crippen LogP contribution in [0.1, 0.15) is 66.7 Å². The molecule has 1 aliphatic heterocycles. The molecular formula is C17H32N2O. The van der Waals surface area contributed by atoms with Gasteiger partial charge in [-0.2, -0.15) is 0 Å². The van der Waals surface area contributed by atoms with E-state index in [-0.39, 0.29) is 12.2 Å². The molecule has 0 aromatic heterocycles. The molecule has 0 bridgehead atoms. The van der Waals surface area contributed by atoms with Gasteiger partial charge < -0.3 is 4.90 Å². The molecule has 1 saturated heterocycles. The Labute approximate surface area is 124 Å². The maximum Gasteiger partial charge on any atom is 0.241 e. The van der Waals surface area contributed by atoms with Crippen molar-refractivity contribution in [2.45, 2.75) is 85.0 Å². The first-order valence-corrected chi connectivity index (χ1v) is 8.48. The summed E-state index contributed by atoms with van der Waals surface area (Å²) in [6.07, 6.45) is 6.25. The molecule has 1 amide bonds. The molecule has 2 rings (SSSR count). The van der Waals surface area contributed by atoms with Gasteiger partial charge in [0, 0.05) is 6.04 Å². The summed E-state index contributed by atoms with van der Waals surface area (Å²) in [5.74, 6) is 2.19. The van der Waals surface area contributed by atoms with E-state index >= 15 is 0 Å². The van der Waals surface area contributed by atoms with E-state index in [1.165, 1.54) is 25.7 Å². The van der Waals surface area contributed by atoms with E-state index < -0.39 is 0 Å². The highest BCUT2D eigenvalue weighted by Crippen LogP contribution is 2.32. The van der Waals surface area contributed by atoms with Gasteiger partial charge in [-0.15, -0.1) is 0 Å². The lowest BCUT2D eigenvalue weighted by atomic mass is 9.86. The smallest absolute Gasteiger partial charge is 0.241 e. The fourth-order valence-corrected chi connectivity index (χ4v) is 3.73. The summed E-state index contributed by atoms with van der Waals surface area (Å²) in [6, 6.07) is 0.497. The molecule has 2 aliphatic rings. The standard InChI is InChI=1S/C17H32N2O/c1-11(2)10-15-18-16(12(3)4)17(20)19(15)14-8-6-13(5)7-9-14/h11-16,18H,6-10H2,1-5H3. The molecule has 1 heterocycles. The third-order valence-corrected chi connectivity index (χ3v) is 4.97. The zero-order valence-corrected chi connectivity index (χ0v) is 13.9. The van der Waals surface area contributed by atoms with Crippen LogP contribution in [0, 0.1) is 17.8 Å². The molecule has 0 radical (unpaired) electrons. The second kappa shape index (κ2) is 6.46. The average Bonchev–Trinajstić information content (AvgIpc) is 2.67. The molecule has 3 heteroatoms. The molecule has 3 nitrogen and oxygen atoms in total. The SMILES string of the molecule is CC(C)CC1NC(C(C)C)C(=O)N1C1CCC(C)CC1. The highest BCUT2D eigenvalue weighted by molar-refractivity contribution is 5.85. The molecule has 1 saturated carbocycles. The highest BCUT2D eigenvalue weighted by atomic mass is 16.2. The van der Waals surface area contributed by atoms with Gasteiger partial charge in [0.2, 0.25) is 5.91 Å². The van der Waals surface area contributed by atoms with Crippen molar-refractivity contribution >= 4 is 5.91 Å². The second-order valence-electron chi connectivity index (χ2n) is 7.69. The third-order valence-electron chi connectivity index (χ3n) is 4.97. The molecule has 2 atom stereocenters. The van der Waals surface area contributed by atoms with Gasteiger partial charge in [-0.1, -0.05) is 34.6 Å². The Morgan fingerprint density at radius 1 is 1.15 bits per heavy atom. The van der Waals surface area contributed by atoms with Gasteiger partial charge in [0.25, 0.3) is 0 Å². The van der Waals surface area contributed by atoms with Crippen LogP contribution in [0.5, 0.6) is 0 Å². The van der Waals surface area contributed by atoms with Crippen molar-refractivity contribution in [3.05, 3.63) is 0 Å². The predicted octanol–water partition coefficient (Wildman–Crippen LogP) is 3.39. The number of nitrogens with zero attached hydrogens (tertiary/aromatic N) is 1. The Morgan fingerprint density at radius 3 is 2.25 bits per heavy atom. The topological polar surface area (TPSA) is 32.3 Å². The van der Waals surface area contributed by atoms with E-state index in [2.05, 4.69) is 44.8 Å². The van der Waals surface area contributed by atoms with Crippen LogP contribution < -0.4 is 5.32 Å². The van der Waals surface area contributed by atoms with Gasteiger partial charge in [-0.05, 0) is 49.9 Å². The number of hydrogen-bond donors (Lipinski definition) is 1. The van der Waals surface area contributed by atoms with E-state index in [1.807, 2.05) is 0 Å². The predicted molar refractivity (Wildman–Crippen MR) is 83.3 cm³/mol. The Morgan fingerprint density at radius 2 is 1.75 bits per heavy atom. The molecule has 1 aliphatic carbocycles. The summed E-state index contributed by atoms with van der Waals surface area (Å²) in [7, 11) is 0. The fourth-order valence-electron chi connectivity index (χ4n) is 3.73. The number of nitrogens with one attached hydrogen (secondary N) is 1. The van der Waals surface area contributed by atoms with Gasteiger partial charge in [-0.3, -0.25) is 10.1 Å². The van der Waals surface area contributed by atoms with Gasteiger partial charge in [0.05, 0.1) is 12.2 Å². The van der Waals surface area contributed by atoms with Gasteiger partial charge in [0.1, 0.15) is 0 Å². The van der Waals surface area contributed by atoms with Crippen molar-refractivity contribution in [2.24, 2.45) is 17.8 Å². The number of rotatable bonds is 4. The Kier molecular flexibility index (Phi) is 5.11. The fraction of sp³-hybridized carbons (Fsp3) is 0.941. The maximum absolute atomic E-state index is 12.8. The van der Waals surface area contributed by atoms with Crippen molar-refractivity contribution in [3.63, 3.8) is 0 Å². The highest BCUT2D eigenvalue weighted by Gasteiger charge is 2.43. The van der Waals surface area contributed by atoms with E-state index in [4.69, 9.17) is 0 Å². The normalized spacial score (nSPS) is 35.4. The second-order valence-corrected chi connectivity index (χ2v) is 7.69. The number of carbonyl (C=O) groups excluding carboxylic acids is 1. The van der Waals surface area contributed by atoms with Crippen molar-refractivity contribution < 1.29 is 4.79 Å². The van der Waals surface area contributed by atoms with Crippen LogP contribution in [0.2, 0.25) is 0 Å². The van der Waals surface area contributed by atoms with Crippen molar-refractivity contribution in [3.8, 4) is 0 Å². The van der Waals surface area contributed by atoms with E-state index in [0.29, 0.717) is 23.8 Å². The summed E-state index contributed by atoms with van der Waals surface area (Å²) in [5, 5.41) is 3.61. The van der Waals surface area contributed by atoms with Crippen LogP contribution >= 0.6 is 0 Å². The minimum atomic E-state index is 0.0260. The minimum Gasteiger partial charge on any atom is -0.323 e. The van der Waals surface area contributed by atoms with Crippen LogP contribution in [-0.2, 0) is 4.79 Å². The Balaban J connectivity index is 2.10. The van der Waals surface area contributed by atoms with Gasteiger partial charge >= 0.3 is 0 Å². The summed E-state index contributed by atoms with van der Waals surface area (Å²) < 4.78 is 0. The average molecular weight is 280 g/mol. The van der Waals surface area contributed by atoms with Crippen molar-refractivity contribution in [2.75, 3.05) is 0 Å². The van der Waals surface area contributed by atoms with E-state index in [1.54, 1.807) is 0 Å². The summed E-state index contributed by atoms with van der Waals surface area (Å²) in [6.45, 7) is 11.1. The largest absolute Gasteiger partial charge is 0.323 e. The lowest BCUT2D eigenvalue weighted by Crippen LogP contribution is -2.46. The summed E-state index contributed by atoms with van der Waals surface area (Å²) in [4.78, 5) is 15.0. The van der Waals surface area contributed by atoms with Crippen LogP contribution in [0.3, 0.4) is 0 Å². The van der Waals surface area contributed by atoms with Crippen LogP contribution in [0.4, 0.5) is 0 Å². The molecule has 2 unspecified atom stereocenters. The number of carbonyl (C=O) groups is 1. The quantitative estimate of drug-likeness (QED) is 0.856. The molecule has 0 aromatic rings. The summed E-state index contributed by atoms with van der Waals surface area (Å²) >= 11 is 0. The molecule has 2 fully saturated rings. The number of amides is 1. The Hall–Kier alpha value is -0.570. The minimum absolute atomic E-state index is 0.0260. The molecule has 0 spiro atoms. The maximum atomic E-state index is 12.8. The first kappa shape index (κ1) is 15.8. The van der Waals surface area contributed by atoms with Crippen molar-refractivity contribution in [1.82, 2.24) is 10.2 Å². The monoisotopic (exact) mass is 280 g/mol.